The molecule has 14 heavy (non-hydrogen) atoms. The summed E-state index contributed by atoms with van der Waals surface area (Å²) in [5.41, 5.74) is 0.950. The van der Waals surface area contributed by atoms with Crippen molar-refractivity contribution in [2.75, 3.05) is 0 Å². The summed E-state index contributed by atoms with van der Waals surface area (Å²) in [5.74, 6) is 0. The van der Waals surface area contributed by atoms with Crippen LogP contribution >= 0.6 is 24.0 Å². The third-order valence-electron chi connectivity index (χ3n) is 1.68. The second-order valence-electron chi connectivity index (χ2n) is 2.71. The lowest BCUT2D eigenvalue weighted by Crippen LogP contribution is -1.95. The quantitative estimate of drug-likeness (QED) is 0.750. The lowest BCUT2D eigenvalue weighted by molar-refractivity contribution is 1.17. The van der Waals surface area contributed by atoms with Crippen molar-refractivity contribution in [3.63, 3.8) is 0 Å². The van der Waals surface area contributed by atoms with Crippen LogP contribution in [-0.2, 0) is 0 Å². The summed E-state index contributed by atoms with van der Waals surface area (Å²) in [7, 11) is 0. The van der Waals surface area contributed by atoms with Gasteiger partial charge >= 0.3 is 0 Å². The first-order valence-electron chi connectivity index (χ1n) is 4.02. The van der Waals surface area contributed by atoms with E-state index < -0.39 is 0 Å². The zero-order chi connectivity index (χ0) is 9.97. The monoisotopic (exact) mass is 221 g/mol. The molecule has 0 saturated carbocycles. The van der Waals surface area contributed by atoms with Gasteiger partial charge in [0.2, 0.25) is 4.74 Å². The van der Waals surface area contributed by atoms with Gasteiger partial charge in [0, 0.05) is 11.6 Å². The minimum absolute atomic E-state index is 0.0242. The molecule has 0 N–H and O–H groups in total. The van der Waals surface area contributed by atoms with Gasteiger partial charge in [-0.25, -0.2) is 4.98 Å². The van der Waals surface area contributed by atoms with E-state index in [2.05, 4.69) is 17.6 Å². The van der Waals surface area contributed by atoms with Crippen molar-refractivity contribution in [1.82, 2.24) is 4.98 Å². The Bertz CT molecular complexity index is 493. The number of benzene rings is 1. The molecule has 0 fully saturated rings. The summed E-state index contributed by atoms with van der Waals surface area (Å²) in [6.45, 7) is 0. The smallest absolute Gasteiger partial charge is 0.237 e. The molecule has 2 nitrogen and oxygen atoms in total. The van der Waals surface area contributed by atoms with Gasteiger partial charge in [-0.1, -0.05) is 41.7 Å². The highest BCUT2D eigenvalue weighted by molar-refractivity contribution is 7.80. The minimum atomic E-state index is -0.0242. The van der Waals surface area contributed by atoms with Crippen LogP contribution in [0.3, 0.4) is 0 Å². The number of rotatable bonds is 1. The Hall–Kier alpha value is -1.13. The first-order chi connectivity index (χ1) is 6.75. The standard InChI is InChI=1S/C10H7NOS2/c12-9-6-8(13)11-10(14-9)7-4-2-1-3-5-7/h1-6,13H. The molecule has 0 amide bonds. The maximum absolute atomic E-state index is 11.2. The molecular formula is C10H7NOS2. The molecule has 0 aliphatic rings. The fourth-order valence-electron chi connectivity index (χ4n) is 1.09. The zero-order valence-corrected chi connectivity index (χ0v) is 8.89. The van der Waals surface area contributed by atoms with Gasteiger partial charge in [-0.05, 0) is 0 Å². The number of hydrogen-bond donors (Lipinski definition) is 1. The molecule has 2 rings (SSSR count). The number of thiol groups is 1. The Kier molecular flexibility index (Phi) is 2.65. The van der Waals surface area contributed by atoms with Gasteiger partial charge < -0.3 is 0 Å². The van der Waals surface area contributed by atoms with E-state index in [1.54, 1.807) is 0 Å². The molecule has 0 aliphatic carbocycles. The predicted molar refractivity (Wildman–Crippen MR) is 61.1 cm³/mol. The van der Waals surface area contributed by atoms with Crippen molar-refractivity contribution >= 4 is 24.0 Å². The lowest BCUT2D eigenvalue weighted by atomic mass is 10.2. The van der Waals surface area contributed by atoms with Gasteiger partial charge in [-0.15, -0.1) is 12.6 Å². The maximum Gasteiger partial charge on any atom is 0.237 e. The fraction of sp³-hybridized carbons (Fsp3) is 0. The molecule has 0 aliphatic heterocycles. The molecule has 0 atom stereocenters. The Morgan fingerprint density at radius 3 is 2.57 bits per heavy atom. The molecule has 0 unspecified atom stereocenters. The highest BCUT2D eigenvalue weighted by atomic mass is 32.1. The molecule has 1 aromatic heterocycles. The van der Waals surface area contributed by atoms with E-state index in [1.807, 2.05) is 30.3 Å². The van der Waals surface area contributed by atoms with Crippen molar-refractivity contribution in [2.45, 2.75) is 5.03 Å². The Balaban J connectivity index is 2.58. The summed E-state index contributed by atoms with van der Waals surface area (Å²) in [6.07, 6.45) is 0. The van der Waals surface area contributed by atoms with E-state index in [1.165, 1.54) is 6.07 Å². The maximum atomic E-state index is 11.2. The first-order valence-corrected chi connectivity index (χ1v) is 5.28. The summed E-state index contributed by atoms with van der Waals surface area (Å²) >= 11 is 5.20. The number of hydrogen-bond acceptors (Lipinski definition) is 4. The second kappa shape index (κ2) is 3.94. The predicted octanol–water partition coefficient (Wildman–Crippen LogP) is 2.46. The molecule has 1 aromatic carbocycles. The summed E-state index contributed by atoms with van der Waals surface area (Å²) < 4.78 is -0.0242. The molecule has 70 valence electrons. The van der Waals surface area contributed by atoms with Crippen LogP contribution in [0.1, 0.15) is 0 Å². The van der Waals surface area contributed by atoms with Gasteiger partial charge in [0.25, 0.3) is 0 Å². The largest absolute Gasteiger partial charge is 0.278 e. The summed E-state index contributed by atoms with van der Waals surface area (Å²) in [6, 6.07) is 11.0. The molecule has 0 radical (unpaired) electrons. The summed E-state index contributed by atoms with van der Waals surface area (Å²) in [4.78, 5) is 15.4. The minimum Gasteiger partial charge on any atom is -0.278 e. The zero-order valence-electron chi connectivity index (χ0n) is 7.18. The van der Waals surface area contributed by atoms with Crippen molar-refractivity contribution in [1.29, 1.82) is 0 Å². The van der Waals surface area contributed by atoms with Crippen molar-refractivity contribution < 1.29 is 0 Å². The van der Waals surface area contributed by atoms with E-state index in [4.69, 9.17) is 0 Å². The van der Waals surface area contributed by atoms with Crippen LogP contribution in [0.5, 0.6) is 0 Å². The SMILES string of the molecule is O=c1cc(S)nc(-c2ccccc2)s1. The normalized spacial score (nSPS) is 10.1. The van der Waals surface area contributed by atoms with Crippen LogP contribution in [0.2, 0.25) is 0 Å². The number of aromatic nitrogens is 1. The Labute approximate surface area is 90.7 Å². The Morgan fingerprint density at radius 1 is 1.21 bits per heavy atom. The molecular weight excluding hydrogens is 214 g/mol. The topological polar surface area (TPSA) is 30.0 Å². The van der Waals surface area contributed by atoms with Gasteiger partial charge in [-0.2, -0.15) is 0 Å². The number of nitrogens with zero attached hydrogens (tertiary/aromatic N) is 1. The van der Waals surface area contributed by atoms with Crippen LogP contribution in [0.25, 0.3) is 10.6 Å². The molecule has 4 heteroatoms. The van der Waals surface area contributed by atoms with E-state index >= 15 is 0 Å². The van der Waals surface area contributed by atoms with Crippen molar-refractivity contribution in [2.24, 2.45) is 0 Å². The van der Waals surface area contributed by atoms with Crippen LogP contribution in [0.4, 0.5) is 0 Å². The highest BCUT2D eigenvalue weighted by Crippen LogP contribution is 2.19. The third-order valence-corrected chi connectivity index (χ3v) is 2.75. The van der Waals surface area contributed by atoms with Crippen LogP contribution in [-0.4, -0.2) is 4.98 Å². The van der Waals surface area contributed by atoms with Gasteiger partial charge in [-0.3, -0.25) is 4.79 Å². The fourth-order valence-corrected chi connectivity index (χ4v) is 2.22. The molecule has 0 spiro atoms. The summed E-state index contributed by atoms with van der Waals surface area (Å²) in [5, 5.41) is 1.18. The third kappa shape index (κ3) is 2.02. The average Bonchev–Trinajstić information content (AvgIpc) is 2.18. The van der Waals surface area contributed by atoms with Gasteiger partial charge in [0.15, 0.2) is 0 Å². The van der Waals surface area contributed by atoms with Crippen molar-refractivity contribution in [3.05, 3.63) is 45.9 Å². The van der Waals surface area contributed by atoms with E-state index in [-0.39, 0.29) is 4.74 Å². The van der Waals surface area contributed by atoms with Crippen LogP contribution in [0.15, 0.2) is 46.2 Å². The lowest BCUT2D eigenvalue weighted by Gasteiger charge is -1.98. The van der Waals surface area contributed by atoms with Gasteiger partial charge in [0.05, 0.1) is 5.03 Å². The first kappa shape index (κ1) is 9.43. The van der Waals surface area contributed by atoms with Crippen LogP contribution in [0, 0.1) is 0 Å². The molecule has 2 aromatic rings. The van der Waals surface area contributed by atoms with Crippen molar-refractivity contribution in [3.8, 4) is 10.6 Å². The van der Waals surface area contributed by atoms with Crippen LogP contribution < -0.4 is 4.74 Å². The van der Waals surface area contributed by atoms with E-state index in [0.717, 1.165) is 16.9 Å². The highest BCUT2D eigenvalue weighted by Gasteiger charge is 2.01. The Morgan fingerprint density at radius 2 is 1.93 bits per heavy atom. The van der Waals surface area contributed by atoms with Gasteiger partial charge in [0.1, 0.15) is 5.01 Å². The molecule has 1 heterocycles. The van der Waals surface area contributed by atoms with E-state index in [9.17, 15) is 4.79 Å². The van der Waals surface area contributed by atoms with E-state index in [0.29, 0.717) is 10.0 Å². The second-order valence-corrected chi connectivity index (χ2v) is 4.16. The molecule has 0 saturated heterocycles. The average molecular weight is 221 g/mol. The molecule has 0 bridgehead atoms.